The first-order chi connectivity index (χ1) is 4.81. The first-order valence-corrected chi connectivity index (χ1v) is 3.76. The van der Waals surface area contributed by atoms with E-state index >= 15 is 0 Å². The van der Waals surface area contributed by atoms with E-state index in [-0.39, 0.29) is 5.60 Å². The Bertz CT molecular complexity index is 124. The third kappa shape index (κ3) is 0.944. The Hall–Kier alpha value is -0.120. The van der Waals surface area contributed by atoms with Gasteiger partial charge in [0, 0.05) is 12.6 Å². The third-order valence-corrected chi connectivity index (χ3v) is 2.14. The molecule has 2 fully saturated rings. The quantitative estimate of drug-likeness (QED) is 0.508. The number of morpholine rings is 1. The molecule has 1 spiro atoms. The van der Waals surface area contributed by atoms with Crippen LogP contribution in [0, 0.1) is 0 Å². The van der Waals surface area contributed by atoms with Crippen molar-refractivity contribution in [3.05, 3.63) is 0 Å². The average molecular weight is 143 g/mol. The molecule has 0 bridgehead atoms. The van der Waals surface area contributed by atoms with Gasteiger partial charge in [-0.25, -0.2) is 0 Å². The molecule has 0 aliphatic carbocycles. The van der Waals surface area contributed by atoms with Crippen LogP contribution in [0.15, 0.2) is 0 Å². The SMILES string of the molecule is CC1COC2(CN1)COC2. The lowest BCUT2D eigenvalue weighted by Crippen LogP contribution is -2.63. The van der Waals surface area contributed by atoms with Crippen LogP contribution < -0.4 is 5.32 Å². The van der Waals surface area contributed by atoms with E-state index in [9.17, 15) is 0 Å². The Balaban J connectivity index is 1.90. The highest BCUT2D eigenvalue weighted by atomic mass is 16.6. The molecule has 3 nitrogen and oxygen atoms in total. The molecular formula is C7H13NO2. The Morgan fingerprint density at radius 1 is 1.50 bits per heavy atom. The van der Waals surface area contributed by atoms with Crippen molar-refractivity contribution in [2.45, 2.75) is 18.6 Å². The Kier molecular flexibility index (Phi) is 1.44. The normalized spacial score (nSPS) is 37.5. The van der Waals surface area contributed by atoms with Crippen molar-refractivity contribution in [2.24, 2.45) is 0 Å². The first-order valence-electron chi connectivity index (χ1n) is 3.76. The summed E-state index contributed by atoms with van der Waals surface area (Å²) in [6.07, 6.45) is 0. The number of nitrogens with one attached hydrogen (secondary N) is 1. The second kappa shape index (κ2) is 2.19. The fourth-order valence-corrected chi connectivity index (χ4v) is 1.29. The summed E-state index contributed by atoms with van der Waals surface area (Å²) in [5.41, 5.74) is 0.0481. The van der Waals surface area contributed by atoms with Gasteiger partial charge in [-0.3, -0.25) is 0 Å². The smallest absolute Gasteiger partial charge is 0.127 e. The van der Waals surface area contributed by atoms with Gasteiger partial charge in [-0.1, -0.05) is 0 Å². The van der Waals surface area contributed by atoms with Gasteiger partial charge in [0.1, 0.15) is 5.60 Å². The molecule has 2 aliphatic heterocycles. The van der Waals surface area contributed by atoms with Crippen LogP contribution in [0.1, 0.15) is 6.92 Å². The van der Waals surface area contributed by atoms with Crippen molar-refractivity contribution in [3.8, 4) is 0 Å². The second-order valence-corrected chi connectivity index (χ2v) is 3.27. The van der Waals surface area contributed by atoms with Crippen molar-refractivity contribution in [3.63, 3.8) is 0 Å². The molecule has 1 N–H and O–H groups in total. The zero-order valence-electron chi connectivity index (χ0n) is 6.22. The fraction of sp³-hybridized carbons (Fsp3) is 1.00. The Morgan fingerprint density at radius 2 is 2.30 bits per heavy atom. The largest absolute Gasteiger partial charge is 0.375 e. The predicted octanol–water partition coefficient (Wildman–Crippen LogP) is -0.236. The van der Waals surface area contributed by atoms with Crippen molar-refractivity contribution >= 4 is 0 Å². The lowest BCUT2D eigenvalue weighted by Gasteiger charge is -2.45. The highest BCUT2D eigenvalue weighted by molar-refractivity contribution is 4.93. The van der Waals surface area contributed by atoms with Crippen LogP contribution in [0.5, 0.6) is 0 Å². The topological polar surface area (TPSA) is 30.5 Å². The summed E-state index contributed by atoms with van der Waals surface area (Å²) in [6.45, 7) is 5.45. The van der Waals surface area contributed by atoms with E-state index in [1.807, 2.05) is 0 Å². The first kappa shape index (κ1) is 6.58. The lowest BCUT2D eigenvalue weighted by molar-refractivity contribution is -0.223. The van der Waals surface area contributed by atoms with Gasteiger partial charge in [0.2, 0.25) is 0 Å². The van der Waals surface area contributed by atoms with E-state index in [2.05, 4.69) is 12.2 Å². The Labute approximate surface area is 60.7 Å². The summed E-state index contributed by atoms with van der Waals surface area (Å²) in [7, 11) is 0. The van der Waals surface area contributed by atoms with Gasteiger partial charge in [-0.2, -0.15) is 0 Å². The van der Waals surface area contributed by atoms with Crippen molar-refractivity contribution in [2.75, 3.05) is 26.4 Å². The molecule has 58 valence electrons. The van der Waals surface area contributed by atoms with Crippen LogP contribution >= 0.6 is 0 Å². The molecule has 2 aliphatic rings. The van der Waals surface area contributed by atoms with Gasteiger partial charge in [0.05, 0.1) is 19.8 Å². The van der Waals surface area contributed by atoms with E-state index in [4.69, 9.17) is 9.47 Å². The van der Waals surface area contributed by atoms with E-state index in [1.165, 1.54) is 0 Å². The number of rotatable bonds is 0. The summed E-state index contributed by atoms with van der Waals surface area (Å²) >= 11 is 0. The van der Waals surface area contributed by atoms with Crippen LogP contribution in [0.4, 0.5) is 0 Å². The van der Waals surface area contributed by atoms with Gasteiger partial charge in [-0.15, -0.1) is 0 Å². The summed E-state index contributed by atoms with van der Waals surface area (Å²) < 4.78 is 10.7. The van der Waals surface area contributed by atoms with Gasteiger partial charge in [0.15, 0.2) is 0 Å². The molecule has 2 rings (SSSR count). The molecule has 1 atom stereocenters. The molecule has 0 aromatic carbocycles. The number of hydrogen-bond acceptors (Lipinski definition) is 3. The highest BCUT2D eigenvalue weighted by Crippen LogP contribution is 2.23. The van der Waals surface area contributed by atoms with Crippen LogP contribution in [0.25, 0.3) is 0 Å². The molecule has 1 unspecified atom stereocenters. The highest BCUT2D eigenvalue weighted by Gasteiger charge is 2.42. The molecule has 0 amide bonds. The van der Waals surface area contributed by atoms with Crippen LogP contribution in [0.3, 0.4) is 0 Å². The third-order valence-electron chi connectivity index (χ3n) is 2.14. The lowest BCUT2D eigenvalue weighted by atomic mass is 10.00. The van der Waals surface area contributed by atoms with Crippen LogP contribution in [-0.4, -0.2) is 38.0 Å². The number of hydrogen-bond donors (Lipinski definition) is 1. The van der Waals surface area contributed by atoms with Gasteiger partial charge >= 0.3 is 0 Å². The summed E-state index contributed by atoms with van der Waals surface area (Å²) in [5, 5.41) is 3.37. The minimum absolute atomic E-state index is 0.0481. The van der Waals surface area contributed by atoms with Gasteiger partial charge < -0.3 is 14.8 Å². The minimum Gasteiger partial charge on any atom is -0.375 e. The Morgan fingerprint density at radius 3 is 2.70 bits per heavy atom. The molecule has 3 heteroatoms. The minimum atomic E-state index is 0.0481. The molecule has 0 saturated carbocycles. The molecule has 0 aromatic heterocycles. The van der Waals surface area contributed by atoms with E-state index in [0.29, 0.717) is 6.04 Å². The predicted molar refractivity (Wildman–Crippen MR) is 37.0 cm³/mol. The monoisotopic (exact) mass is 143 g/mol. The summed E-state index contributed by atoms with van der Waals surface area (Å²) in [5.74, 6) is 0. The van der Waals surface area contributed by atoms with E-state index in [1.54, 1.807) is 0 Å². The maximum Gasteiger partial charge on any atom is 0.127 e. The van der Waals surface area contributed by atoms with Gasteiger partial charge in [-0.05, 0) is 6.92 Å². The van der Waals surface area contributed by atoms with Crippen molar-refractivity contribution in [1.82, 2.24) is 5.32 Å². The molecule has 0 radical (unpaired) electrons. The fourth-order valence-electron chi connectivity index (χ4n) is 1.29. The molecule has 2 heterocycles. The molecule has 2 saturated heterocycles. The number of ether oxygens (including phenoxy) is 2. The molecule has 0 aromatic rings. The van der Waals surface area contributed by atoms with Crippen LogP contribution in [0.2, 0.25) is 0 Å². The molecule has 10 heavy (non-hydrogen) atoms. The second-order valence-electron chi connectivity index (χ2n) is 3.27. The molecular weight excluding hydrogens is 130 g/mol. The standard InChI is InChI=1S/C7H13NO2/c1-6-2-10-7(3-8-6)4-9-5-7/h6,8H,2-5H2,1H3. The van der Waals surface area contributed by atoms with Crippen molar-refractivity contribution in [1.29, 1.82) is 0 Å². The van der Waals surface area contributed by atoms with Crippen LogP contribution in [-0.2, 0) is 9.47 Å². The maximum atomic E-state index is 5.63. The van der Waals surface area contributed by atoms with Crippen molar-refractivity contribution < 1.29 is 9.47 Å². The van der Waals surface area contributed by atoms with Gasteiger partial charge in [0.25, 0.3) is 0 Å². The zero-order chi connectivity index (χ0) is 7.03. The average Bonchev–Trinajstić information content (AvgIpc) is 1.86. The summed E-state index contributed by atoms with van der Waals surface area (Å²) in [4.78, 5) is 0. The van der Waals surface area contributed by atoms with E-state index < -0.39 is 0 Å². The van der Waals surface area contributed by atoms with E-state index in [0.717, 1.165) is 26.4 Å². The summed E-state index contributed by atoms with van der Waals surface area (Å²) in [6, 6.07) is 0.506. The maximum absolute atomic E-state index is 5.63. The zero-order valence-corrected chi connectivity index (χ0v) is 6.22.